The third-order valence-electron chi connectivity index (χ3n) is 5.94. The summed E-state index contributed by atoms with van der Waals surface area (Å²) in [6.45, 7) is 4.21. The van der Waals surface area contributed by atoms with E-state index in [2.05, 4.69) is 36.1 Å². The van der Waals surface area contributed by atoms with Gasteiger partial charge in [0.25, 0.3) is 0 Å². The van der Waals surface area contributed by atoms with Gasteiger partial charge in [0, 0.05) is 24.3 Å². The zero-order valence-corrected chi connectivity index (χ0v) is 18.0. The van der Waals surface area contributed by atoms with E-state index in [1.807, 2.05) is 35.7 Å². The normalized spacial score (nSPS) is 19.8. The number of thiophene rings is 1. The Morgan fingerprint density at radius 3 is 2.74 bits per heavy atom. The second-order valence-corrected chi connectivity index (χ2v) is 9.82. The second kappa shape index (κ2) is 6.59. The zero-order valence-electron chi connectivity index (χ0n) is 17.2. The molecule has 0 bridgehead atoms. The SMILES string of the molecule is CC1(C)CC(=O)C2=C(C1)Oc1ncn3nc(-c4cccs4)nc3c1C2c1ccccc1. The first-order valence-electron chi connectivity index (χ1n) is 10.3. The summed E-state index contributed by atoms with van der Waals surface area (Å²) in [4.78, 5) is 23.8. The summed E-state index contributed by atoms with van der Waals surface area (Å²) < 4.78 is 7.96. The molecule has 1 unspecified atom stereocenters. The lowest BCUT2D eigenvalue weighted by Crippen LogP contribution is -2.33. The monoisotopic (exact) mass is 428 g/mol. The summed E-state index contributed by atoms with van der Waals surface area (Å²) in [5.41, 5.74) is 3.10. The molecule has 3 aromatic heterocycles. The van der Waals surface area contributed by atoms with Crippen molar-refractivity contribution in [3.63, 3.8) is 0 Å². The maximum absolute atomic E-state index is 13.4. The molecule has 6 rings (SSSR count). The standard InChI is InChI=1S/C24H20N4O2S/c1-24(2)11-15(29)19-16(12-24)30-23-20(18(19)14-7-4-3-5-8-14)22-26-21(17-9-6-10-31-17)27-28(22)13-25-23/h3-10,13,18H,11-12H2,1-2H3. The molecule has 1 aromatic carbocycles. The highest BCUT2D eigenvalue weighted by Gasteiger charge is 2.43. The molecule has 1 atom stereocenters. The van der Waals surface area contributed by atoms with Crippen molar-refractivity contribution in [2.75, 3.05) is 0 Å². The van der Waals surface area contributed by atoms with Crippen LogP contribution in [0, 0.1) is 5.41 Å². The van der Waals surface area contributed by atoms with Crippen molar-refractivity contribution in [3.05, 3.63) is 76.6 Å². The molecule has 4 heterocycles. The lowest BCUT2D eigenvalue weighted by atomic mass is 9.70. The molecule has 6 nitrogen and oxygen atoms in total. The van der Waals surface area contributed by atoms with Crippen LogP contribution in [0.3, 0.4) is 0 Å². The topological polar surface area (TPSA) is 69.4 Å². The molecule has 31 heavy (non-hydrogen) atoms. The van der Waals surface area contributed by atoms with Crippen molar-refractivity contribution < 1.29 is 9.53 Å². The first-order chi connectivity index (χ1) is 15.0. The molecule has 0 N–H and O–H groups in total. The number of Topliss-reactive ketones (excluding diaryl/α,β-unsaturated/α-hetero) is 1. The van der Waals surface area contributed by atoms with Crippen LogP contribution in [-0.4, -0.2) is 25.4 Å². The van der Waals surface area contributed by atoms with Gasteiger partial charge in [-0.2, -0.15) is 0 Å². The van der Waals surface area contributed by atoms with Gasteiger partial charge in [-0.1, -0.05) is 50.2 Å². The van der Waals surface area contributed by atoms with Gasteiger partial charge >= 0.3 is 0 Å². The molecule has 4 aromatic rings. The highest BCUT2D eigenvalue weighted by molar-refractivity contribution is 7.13. The van der Waals surface area contributed by atoms with Crippen LogP contribution in [0.25, 0.3) is 16.3 Å². The van der Waals surface area contributed by atoms with Crippen LogP contribution in [0.1, 0.15) is 43.7 Å². The van der Waals surface area contributed by atoms with Crippen LogP contribution in [-0.2, 0) is 4.79 Å². The molecular weight excluding hydrogens is 408 g/mol. The van der Waals surface area contributed by atoms with E-state index in [1.165, 1.54) is 0 Å². The Labute approximate surface area is 183 Å². The van der Waals surface area contributed by atoms with E-state index in [4.69, 9.17) is 9.72 Å². The first-order valence-corrected chi connectivity index (χ1v) is 11.2. The smallest absolute Gasteiger partial charge is 0.228 e. The van der Waals surface area contributed by atoms with Crippen molar-refractivity contribution in [3.8, 4) is 16.6 Å². The van der Waals surface area contributed by atoms with E-state index in [1.54, 1.807) is 22.2 Å². The fourth-order valence-electron chi connectivity index (χ4n) is 4.63. The molecule has 0 amide bonds. The van der Waals surface area contributed by atoms with Gasteiger partial charge in [-0.25, -0.2) is 14.5 Å². The molecule has 1 aliphatic carbocycles. The number of carbonyl (C=O) groups excluding carboxylic acids is 1. The predicted molar refractivity (Wildman–Crippen MR) is 118 cm³/mol. The van der Waals surface area contributed by atoms with Crippen LogP contribution in [0.4, 0.5) is 0 Å². The number of ether oxygens (including phenoxy) is 1. The summed E-state index contributed by atoms with van der Waals surface area (Å²) >= 11 is 1.59. The van der Waals surface area contributed by atoms with Crippen molar-refractivity contribution in [1.29, 1.82) is 0 Å². The molecular formula is C24H20N4O2S. The lowest BCUT2D eigenvalue weighted by Gasteiger charge is -2.37. The van der Waals surface area contributed by atoms with Crippen LogP contribution < -0.4 is 4.74 Å². The van der Waals surface area contributed by atoms with Crippen LogP contribution >= 0.6 is 11.3 Å². The summed E-state index contributed by atoms with van der Waals surface area (Å²) in [6.07, 6.45) is 2.84. The van der Waals surface area contributed by atoms with Gasteiger partial charge in [0.05, 0.1) is 10.4 Å². The van der Waals surface area contributed by atoms with Gasteiger partial charge in [0.1, 0.15) is 12.1 Å². The summed E-state index contributed by atoms with van der Waals surface area (Å²) in [5, 5.41) is 6.64. The van der Waals surface area contributed by atoms with Gasteiger partial charge in [-0.05, 0) is 22.4 Å². The number of ketones is 1. The average molecular weight is 429 g/mol. The largest absolute Gasteiger partial charge is 0.442 e. The minimum Gasteiger partial charge on any atom is -0.442 e. The number of hydrogen-bond donors (Lipinski definition) is 0. The minimum atomic E-state index is -0.278. The molecule has 7 heteroatoms. The number of fused-ring (bicyclic) bond motifs is 3. The zero-order chi connectivity index (χ0) is 21.2. The quantitative estimate of drug-likeness (QED) is 0.448. The predicted octanol–water partition coefficient (Wildman–Crippen LogP) is 5.02. The van der Waals surface area contributed by atoms with Crippen molar-refractivity contribution in [1.82, 2.24) is 19.6 Å². The highest BCUT2D eigenvalue weighted by Crippen LogP contribution is 2.50. The van der Waals surface area contributed by atoms with Crippen molar-refractivity contribution >= 4 is 22.8 Å². The van der Waals surface area contributed by atoms with E-state index in [-0.39, 0.29) is 17.1 Å². The Hall–Kier alpha value is -3.32. The number of rotatable bonds is 2. The summed E-state index contributed by atoms with van der Waals surface area (Å²) in [5.74, 6) is 1.74. The van der Waals surface area contributed by atoms with Crippen molar-refractivity contribution in [2.24, 2.45) is 5.41 Å². The molecule has 0 fully saturated rings. The van der Waals surface area contributed by atoms with Gasteiger partial charge in [-0.3, -0.25) is 4.79 Å². The highest BCUT2D eigenvalue weighted by atomic mass is 32.1. The second-order valence-electron chi connectivity index (χ2n) is 8.87. The van der Waals surface area contributed by atoms with Gasteiger partial charge in [0.15, 0.2) is 17.3 Å². The average Bonchev–Trinajstić information content (AvgIpc) is 3.41. The third-order valence-corrected chi connectivity index (χ3v) is 6.80. The molecule has 154 valence electrons. The van der Waals surface area contributed by atoms with Crippen LogP contribution in [0.15, 0.2) is 65.5 Å². The lowest BCUT2D eigenvalue weighted by molar-refractivity contribution is -0.118. The molecule has 0 saturated carbocycles. The Morgan fingerprint density at radius 1 is 1.13 bits per heavy atom. The summed E-state index contributed by atoms with van der Waals surface area (Å²) in [6, 6.07) is 14.1. The molecule has 0 radical (unpaired) electrons. The Kier molecular flexibility index (Phi) is 3.92. The molecule has 0 saturated heterocycles. The number of benzene rings is 1. The Balaban J connectivity index is 1.62. The minimum absolute atomic E-state index is 0.130. The molecule has 1 aliphatic heterocycles. The van der Waals surface area contributed by atoms with Gasteiger partial charge in [-0.15, -0.1) is 16.4 Å². The fourth-order valence-corrected chi connectivity index (χ4v) is 5.29. The number of aromatic nitrogens is 4. The maximum Gasteiger partial charge on any atom is 0.228 e. The first kappa shape index (κ1) is 18.4. The van der Waals surface area contributed by atoms with E-state index in [0.29, 0.717) is 30.2 Å². The number of nitrogens with zero attached hydrogens (tertiary/aromatic N) is 4. The van der Waals surface area contributed by atoms with E-state index >= 15 is 0 Å². The fraction of sp³-hybridized carbons (Fsp3) is 0.250. The van der Waals surface area contributed by atoms with Gasteiger partial charge in [0.2, 0.25) is 5.88 Å². The van der Waals surface area contributed by atoms with E-state index < -0.39 is 0 Å². The van der Waals surface area contributed by atoms with E-state index in [9.17, 15) is 4.79 Å². The number of hydrogen-bond acceptors (Lipinski definition) is 6. The van der Waals surface area contributed by atoms with Gasteiger partial charge < -0.3 is 4.74 Å². The number of carbonyl (C=O) groups is 1. The molecule has 0 spiro atoms. The Bertz CT molecular complexity index is 1350. The maximum atomic E-state index is 13.4. The van der Waals surface area contributed by atoms with E-state index in [0.717, 1.165) is 27.3 Å². The van der Waals surface area contributed by atoms with Crippen LogP contribution in [0.5, 0.6) is 5.88 Å². The Morgan fingerprint density at radius 2 is 1.97 bits per heavy atom. The van der Waals surface area contributed by atoms with Crippen molar-refractivity contribution in [2.45, 2.75) is 32.6 Å². The molecule has 2 aliphatic rings. The van der Waals surface area contributed by atoms with Crippen LogP contribution in [0.2, 0.25) is 0 Å². The summed E-state index contributed by atoms with van der Waals surface area (Å²) in [7, 11) is 0. The third kappa shape index (κ3) is 2.91. The number of allylic oxidation sites excluding steroid dienone is 2.